The monoisotopic (exact) mass is 430 g/mol. The number of carbonyl (C=O) groups is 1. The maximum Gasteiger partial charge on any atom is 0.269 e. The Morgan fingerprint density at radius 2 is 1.70 bits per heavy atom. The molecule has 0 bridgehead atoms. The zero-order valence-electron chi connectivity index (χ0n) is 17.1. The van der Waals surface area contributed by atoms with Gasteiger partial charge in [0.15, 0.2) is 11.5 Å². The van der Waals surface area contributed by atoms with Crippen LogP contribution in [0.25, 0.3) is 0 Å². The number of sulfonamides is 1. The minimum Gasteiger partial charge on any atom is -0.482 e. The second kappa shape index (κ2) is 8.28. The number of fused-ring (bicyclic) bond motifs is 1. The Labute approximate surface area is 177 Å². The number of amides is 1. The third-order valence-corrected chi connectivity index (χ3v) is 7.42. The molecule has 2 aliphatic heterocycles. The molecule has 2 aromatic rings. The van der Waals surface area contributed by atoms with Gasteiger partial charge in [0.05, 0.1) is 4.90 Å². The van der Waals surface area contributed by atoms with E-state index in [9.17, 15) is 13.2 Å². The number of nitrogens with one attached hydrogen (secondary N) is 1. The van der Waals surface area contributed by atoms with Crippen LogP contribution in [0.4, 0.5) is 5.69 Å². The van der Waals surface area contributed by atoms with E-state index < -0.39 is 22.2 Å². The standard InChI is InChI=1S/C22H26N2O5S/c1-15-10-11-17(30(26,27)24-12-6-3-7-13-24)14-18(15)23-22(25)21-16(2)28-19-8-4-5-9-20(19)29-21/h4-5,8-11,14,16,21H,3,6-7,12-13H2,1-2H3,(H,23,25). The average Bonchev–Trinajstić information content (AvgIpc) is 2.75. The SMILES string of the molecule is Cc1ccc(S(=O)(=O)N2CCCCC2)cc1NC(=O)C1Oc2ccccc2OC1C. The van der Waals surface area contributed by atoms with Gasteiger partial charge in [-0.05, 0) is 56.5 Å². The highest BCUT2D eigenvalue weighted by Crippen LogP contribution is 2.34. The van der Waals surface area contributed by atoms with Gasteiger partial charge in [0.25, 0.3) is 5.91 Å². The maximum atomic E-state index is 13.0. The first kappa shape index (κ1) is 20.7. The van der Waals surface area contributed by atoms with E-state index >= 15 is 0 Å². The Hall–Kier alpha value is -2.58. The second-order valence-electron chi connectivity index (χ2n) is 7.74. The van der Waals surface area contributed by atoms with Gasteiger partial charge in [-0.25, -0.2) is 8.42 Å². The molecule has 160 valence electrons. The van der Waals surface area contributed by atoms with Crippen LogP contribution >= 0.6 is 0 Å². The summed E-state index contributed by atoms with van der Waals surface area (Å²) in [6.07, 6.45) is 1.45. The summed E-state index contributed by atoms with van der Waals surface area (Å²) in [5.41, 5.74) is 1.22. The number of hydrogen-bond donors (Lipinski definition) is 1. The Bertz CT molecular complexity index is 1050. The molecule has 1 saturated heterocycles. The molecule has 0 aromatic heterocycles. The van der Waals surface area contributed by atoms with E-state index in [1.54, 1.807) is 31.2 Å². The van der Waals surface area contributed by atoms with E-state index in [-0.39, 0.29) is 10.8 Å². The molecular formula is C22H26N2O5S. The van der Waals surface area contributed by atoms with Gasteiger partial charge in [-0.2, -0.15) is 4.31 Å². The number of piperidine rings is 1. The van der Waals surface area contributed by atoms with E-state index in [4.69, 9.17) is 9.47 Å². The fourth-order valence-corrected chi connectivity index (χ4v) is 5.30. The number of para-hydroxylation sites is 2. The highest BCUT2D eigenvalue weighted by atomic mass is 32.2. The Balaban J connectivity index is 1.55. The molecule has 1 N–H and O–H groups in total. The molecule has 4 rings (SSSR count). The molecule has 2 aromatic carbocycles. The van der Waals surface area contributed by atoms with Gasteiger partial charge in [0.1, 0.15) is 6.10 Å². The summed E-state index contributed by atoms with van der Waals surface area (Å²) < 4.78 is 39.2. The number of benzene rings is 2. The first-order valence-corrected chi connectivity index (χ1v) is 11.6. The molecular weight excluding hydrogens is 404 g/mol. The molecule has 0 aliphatic carbocycles. The van der Waals surface area contributed by atoms with Crippen LogP contribution in [0.5, 0.6) is 11.5 Å². The lowest BCUT2D eigenvalue weighted by Crippen LogP contribution is -2.46. The summed E-state index contributed by atoms with van der Waals surface area (Å²) >= 11 is 0. The normalized spacial score (nSPS) is 21.8. The van der Waals surface area contributed by atoms with Crippen molar-refractivity contribution in [2.24, 2.45) is 0 Å². The highest BCUT2D eigenvalue weighted by Gasteiger charge is 2.34. The fourth-order valence-electron chi connectivity index (χ4n) is 3.76. The topological polar surface area (TPSA) is 84.9 Å². The van der Waals surface area contributed by atoms with Crippen molar-refractivity contribution in [3.63, 3.8) is 0 Å². The molecule has 0 radical (unpaired) electrons. The molecule has 1 amide bonds. The van der Waals surface area contributed by atoms with Gasteiger partial charge < -0.3 is 14.8 Å². The highest BCUT2D eigenvalue weighted by molar-refractivity contribution is 7.89. The zero-order valence-corrected chi connectivity index (χ0v) is 17.9. The molecule has 2 atom stereocenters. The van der Waals surface area contributed by atoms with Crippen molar-refractivity contribution in [2.75, 3.05) is 18.4 Å². The van der Waals surface area contributed by atoms with Crippen LogP contribution < -0.4 is 14.8 Å². The fraction of sp³-hybridized carbons (Fsp3) is 0.409. The number of aryl methyl sites for hydroxylation is 1. The Kier molecular flexibility index (Phi) is 5.71. The molecule has 0 spiro atoms. The number of hydrogen-bond acceptors (Lipinski definition) is 5. The van der Waals surface area contributed by atoms with Crippen molar-refractivity contribution in [3.05, 3.63) is 48.0 Å². The zero-order chi connectivity index (χ0) is 21.3. The van der Waals surface area contributed by atoms with Crippen LogP contribution in [0, 0.1) is 6.92 Å². The molecule has 7 nitrogen and oxygen atoms in total. The average molecular weight is 431 g/mol. The summed E-state index contributed by atoms with van der Waals surface area (Å²) in [4.78, 5) is 13.1. The van der Waals surface area contributed by atoms with Crippen LogP contribution in [-0.4, -0.2) is 43.9 Å². The van der Waals surface area contributed by atoms with Gasteiger partial charge in [-0.1, -0.05) is 24.6 Å². The van der Waals surface area contributed by atoms with Crippen LogP contribution in [0.3, 0.4) is 0 Å². The maximum absolute atomic E-state index is 13.0. The molecule has 0 saturated carbocycles. The van der Waals surface area contributed by atoms with E-state index in [0.29, 0.717) is 30.3 Å². The Morgan fingerprint density at radius 1 is 1.03 bits per heavy atom. The number of carbonyl (C=O) groups excluding carboxylic acids is 1. The number of ether oxygens (including phenoxy) is 2. The van der Waals surface area contributed by atoms with Crippen molar-refractivity contribution in [1.82, 2.24) is 4.31 Å². The second-order valence-corrected chi connectivity index (χ2v) is 9.68. The summed E-state index contributed by atoms with van der Waals surface area (Å²) in [5, 5.41) is 2.83. The molecule has 2 heterocycles. The number of anilines is 1. The minimum atomic E-state index is -3.59. The van der Waals surface area contributed by atoms with Gasteiger partial charge >= 0.3 is 0 Å². The molecule has 2 unspecified atom stereocenters. The van der Waals surface area contributed by atoms with E-state index in [2.05, 4.69) is 5.32 Å². The summed E-state index contributed by atoms with van der Waals surface area (Å²) in [7, 11) is -3.59. The van der Waals surface area contributed by atoms with E-state index in [1.807, 2.05) is 19.1 Å². The summed E-state index contributed by atoms with van der Waals surface area (Å²) in [5.74, 6) is 0.723. The molecule has 1 fully saturated rings. The third-order valence-electron chi connectivity index (χ3n) is 5.52. The first-order valence-electron chi connectivity index (χ1n) is 10.2. The van der Waals surface area contributed by atoms with Crippen molar-refractivity contribution in [1.29, 1.82) is 0 Å². The molecule has 8 heteroatoms. The van der Waals surface area contributed by atoms with Crippen LogP contribution in [0.1, 0.15) is 31.7 Å². The predicted molar refractivity (Wildman–Crippen MR) is 113 cm³/mol. The van der Waals surface area contributed by atoms with Gasteiger partial charge in [0.2, 0.25) is 16.1 Å². The molecule has 30 heavy (non-hydrogen) atoms. The van der Waals surface area contributed by atoms with Crippen LogP contribution in [-0.2, 0) is 14.8 Å². The number of nitrogens with zero attached hydrogens (tertiary/aromatic N) is 1. The van der Waals surface area contributed by atoms with Crippen LogP contribution in [0.2, 0.25) is 0 Å². The Morgan fingerprint density at radius 3 is 2.40 bits per heavy atom. The predicted octanol–water partition coefficient (Wildman–Crippen LogP) is 3.34. The van der Waals surface area contributed by atoms with E-state index in [1.165, 1.54) is 10.4 Å². The van der Waals surface area contributed by atoms with Crippen molar-refractivity contribution in [3.8, 4) is 11.5 Å². The summed E-state index contributed by atoms with van der Waals surface area (Å²) in [6, 6.07) is 12.0. The summed E-state index contributed by atoms with van der Waals surface area (Å²) in [6.45, 7) is 4.65. The smallest absolute Gasteiger partial charge is 0.269 e. The lowest BCUT2D eigenvalue weighted by molar-refractivity contribution is -0.128. The van der Waals surface area contributed by atoms with Gasteiger partial charge in [-0.3, -0.25) is 4.79 Å². The molecule has 2 aliphatic rings. The third kappa shape index (κ3) is 4.02. The first-order chi connectivity index (χ1) is 14.4. The minimum absolute atomic E-state index is 0.185. The quantitative estimate of drug-likeness (QED) is 0.804. The number of rotatable bonds is 4. The van der Waals surface area contributed by atoms with Crippen molar-refractivity contribution >= 4 is 21.6 Å². The lowest BCUT2D eigenvalue weighted by Gasteiger charge is -2.31. The van der Waals surface area contributed by atoms with E-state index in [0.717, 1.165) is 24.8 Å². The largest absolute Gasteiger partial charge is 0.482 e. The van der Waals surface area contributed by atoms with Gasteiger partial charge in [0, 0.05) is 18.8 Å². The van der Waals surface area contributed by atoms with Gasteiger partial charge in [-0.15, -0.1) is 0 Å². The van der Waals surface area contributed by atoms with Crippen LogP contribution in [0.15, 0.2) is 47.4 Å². The van der Waals surface area contributed by atoms with Crippen molar-refractivity contribution in [2.45, 2.75) is 50.2 Å². The lowest BCUT2D eigenvalue weighted by atomic mass is 10.1. The van der Waals surface area contributed by atoms with Crippen molar-refractivity contribution < 1.29 is 22.7 Å².